The van der Waals surface area contributed by atoms with Crippen LogP contribution in [0.5, 0.6) is 0 Å². The van der Waals surface area contributed by atoms with Crippen LogP contribution in [0.15, 0.2) is 28.8 Å². The van der Waals surface area contributed by atoms with Gasteiger partial charge in [0.1, 0.15) is 0 Å². The van der Waals surface area contributed by atoms with Crippen molar-refractivity contribution in [1.29, 1.82) is 0 Å². The third-order valence-electron chi connectivity index (χ3n) is 3.86. The summed E-state index contributed by atoms with van der Waals surface area (Å²) in [4.78, 5) is 6.61. The predicted octanol–water partition coefficient (Wildman–Crippen LogP) is 2.27. The molecular weight excluding hydrogens is 290 g/mol. The van der Waals surface area contributed by atoms with Crippen LogP contribution in [-0.2, 0) is 13.0 Å². The molecule has 1 atom stereocenters. The van der Waals surface area contributed by atoms with Crippen LogP contribution in [0.2, 0.25) is 5.02 Å². The maximum Gasteiger partial charge on any atom is 0.240 e. The third kappa shape index (κ3) is 3.43. The zero-order valence-corrected chi connectivity index (χ0v) is 12.5. The number of hydrogen-bond donors (Lipinski definition) is 1. The fourth-order valence-corrected chi connectivity index (χ4v) is 2.92. The van der Waals surface area contributed by atoms with Crippen molar-refractivity contribution in [3.63, 3.8) is 0 Å². The van der Waals surface area contributed by atoms with Gasteiger partial charge < -0.3 is 9.63 Å². The normalized spacial score (nSPS) is 19.2. The summed E-state index contributed by atoms with van der Waals surface area (Å²) in [5.41, 5.74) is 0.987. The number of benzene rings is 1. The van der Waals surface area contributed by atoms with Crippen LogP contribution in [-0.4, -0.2) is 39.3 Å². The monoisotopic (exact) mass is 307 g/mol. The molecule has 1 aromatic heterocycles. The Kier molecular flexibility index (Phi) is 4.53. The molecule has 1 aliphatic rings. The van der Waals surface area contributed by atoms with Gasteiger partial charge in [-0.1, -0.05) is 35.0 Å². The third-order valence-corrected chi connectivity index (χ3v) is 4.23. The molecule has 0 unspecified atom stereocenters. The standard InChI is InChI=1S/C15H18ClN3O2/c16-13-6-2-1-4-11(13)8-14-17-15(21-18-14)9-19-7-3-5-12(19)10-20/h1-2,4,6,12,20H,3,5,7-10H2/t12-/m0/s1. The fraction of sp³-hybridized carbons (Fsp3) is 0.467. The molecule has 0 radical (unpaired) electrons. The molecule has 2 aromatic rings. The van der Waals surface area contributed by atoms with Crippen LogP contribution in [0.1, 0.15) is 30.1 Å². The van der Waals surface area contributed by atoms with Crippen LogP contribution < -0.4 is 0 Å². The largest absolute Gasteiger partial charge is 0.395 e. The molecule has 0 amide bonds. The number of aromatic nitrogens is 2. The Hall–Kier alpha value is -1.43. The van der Waals surface area contributed by atoms with Gasteiger partial charge in [-0.15, -0.1) is 0 Å². The van der Waals surface area contributed by atoms with Crippen molar-refractivity contribution in [3.05, 3.63) is 46.6 Å². The average molecular weight is 308 g/mol. The van der Waals surface area contributed by atoms with Gasteiger partial charge in [0, 0.05) is 17.5 Å². The summed E-state index contributed by atoms with van der Waals surface area (Å²) in [7, 11) is 0. The Labute approximate surface area is 128 Å². The van der Waals surface area contributed by atoms with Crippen molar-refractivity contribution in [2.75, 3.05) is 13.2 Å². The molecule has 1 aliphatic heterocycles. The first-order chi connectivity index (χ1) is 10.3. The Morgan fingerprint density at radius 2 is 2.24 bits per heavy atom. The van der Waals surface area contributed by atoms with Gasteiger partial charge in [-0.3, -0.25) is 4.90 Å². The zero-order chi connectivity index (χ0) is 14.7. The molecule has 0 saturated carbocycles. The van der Waals surface area contributed by atoms with E-state index in [0.29, 0.717) is 29.7 Å². The lowest BCUT2D eigenvalue weighted by Gasteiger charge is -2.20. The minimum Gasteiger partial charge on any atom is -0.395 e. The Morgan fingerprint density at radius 3 is 3.05 bits per heavy atom. The lowest BCUT2D eigenvalue weighted by Crippen LogP contribution is -2.31. The summed E-state index contributed by atoms with van der Waals surface area (Å²) in [6, 6.07) is 7.87. The van der Waals surface area contributed by atoms with E-state index in [0.717, 1.165) is 24.9 Å². The molecule has 0 aliphatic carbocycles. The summed E-state index contributed by atoms with van der Waals surface area (Å²) in [6.07, 6.45) is 2.69. The zero-order valence-electron chi connectivity index (χ0n) is 11.7. The van der Waals surface area contributed by atoms with Crippen molar-refractivity contribution in [1.82, 2.24) is 15.0 Å². The molecule has 112 valence electrons. The van der Waals surface area contributed by atoms with E-state index in [2.05, 4.69) is 15.0 Å². The smallest absolute Gasteiger partial charge is 0.240 e. The van der Waals surface area contributed by atoms with Crippen LogP contribution in [0.3, 0.4) is 0 Å². The molecule has 0 spiro atoms. The van der Waals surface area contributed by atoms with E-state index in [4.69, 9.17) is 16.1 Å². The average Bonchev–Trinajstić information content (AvgIpc) is 3.11. The molecule has 0 bridgehead atoms. The van der Waals surface area contributed by atoms with Crippen LogP contribution in [0, 0.1) is 0 Å². The number of halogens is 1. The lowest BCUT2D eigenvalue weighted by molar-refractivity contribution is 0.141. The molecular formula is C15H18ClN3O2. The number of likely N-dealkylation sites (tertiary alicyclic amines) is 1. The summed E-state index contributed by atoms with van der Waals surface area (Å²) in [6.45, 7) is 1.74. The van der Waals surface area contributed by atoms with E-state index in [-0.39, 0.29) is 12.6 Å². The minimum atomic E-state index is 0.181. The molecule has 5 nitrogen and oxygen atoms in total. The first-order valence-corrected chi connectivity index (χ1v) is 7.54. The maximum atomic E-state index is 9.32. The molecule has 1 saturated heterocycles. The summed E-state index contributed by atoms with van der Waals surface area (Å²) >= 11 is 6.13. The van der Waals surface area contributed by atoms with Crippen LogP contribution >= 0.6 is 11.6 Å². The topological polar surface area (TPSA) is 62.4 Å². The number of rotatable bonds is 5. The highest BCUT2D eigenvalue weighted by atomic mass is 35.5. The second kappa shape index (κ2) is 6.56. The van der Waals surface area contributed by atoms with E-state index in [1.165, 1.54) is 0 Å². The summed E-state index contributed by atoms with van der Waals surface area (Å²) in [5.74, 6) is 1.23. The van der Waals surface area contributed by atoms with E-state index in [9.17, 15) is 5.11 Å². The second-order valence-electron chi connectivity index (χ2n) is 5.32. The highest BCUT2D eigenvalue weighted by Gasteiger charge is 2.25. The first kappa shape index (κ1) is 14.5. The number of nitrogens with zero attached hydrogens (tertiary/aromatic N) is 3. The molecule has 1 fully saturated rings. The molecule has 21 heavy (non-hydrogen) atoms. The molecule has 3 rings (SSSR count). The van der Waals surface area contributed by atoms with E-state index >= 15 is 0 Å². The number of aliphatic hydroxyl groups excluding tert-OH is 1. The van der Waals surface area contributed by atoms with E-state index in [1.807, 2.05) is 24.3 Å². The van der Waals surface area contributed by atoms with Crippen molar-refractivity contribution >= 4 is 11.6 Å². The fourth-order valence-electron chi connectivity index (χ4n) is 2.72. The van der Waals surface area contributed by atoms with Gasteiger partial charge in [-0.2, -0.15) is 4.98 Å². The van der Waals surface area contributed by atoms with Gasteiger partial charge in [-0.25, -0.2) is 0 Å². The summed E-state index contributed by atoms with van der Waals surface area (Å²) in [5, 5.41) is 14.0. The molecule has 1 aromatic carbocycles. The maximum absolute atomic E-state index is 9.32. The van der Waals surface area contributed by atoms with Gasteiger partial charge in [-0.05, 0) is 31.0 Å². The number of aliphatic hydroxyl groups is 1. The van der Waals surface area contributed by atoms with Crippen molar-refractivity contribution in [2.45, 2.75) is 31.8 Å². The van der Waals surface area contributed by atoms with E-state index < -0.39 is 0 Å². The predicted molar refractivity (Wildman–Crippen MR) is 79.1 cm³/mol. The van der Waals surface area contributed by atoms with Crippen LogP contribution in [0.25, 0.3) is 0 Å². The van der Waals surface area contributed by atoms with Gasteiger partial charge in [0.2, 0.25) is 5.89 Å². The van der Waals surface area contributed by atoms with Gasteiger partial charge in [0.15, 0.2) is 5.82 Å². The lowest BCUT2D eigenvalue weighted by atomic mass is 10.1. The highest BCUT2D eigenvalue weighted by molar-refractivity contribution is 6.31. The van der Waals surface area contributed by atoms with Crippen molar-refractivity contribution in [2.24, 2.45) is 0 Å². The van der Waals surface area contributed by atoms with Gasteiger partial charge in [0.05, 0.1) is 13.2 Å². The Morgan fingerprint density at radius 1 is 1.38 bits per heavy atom. The quantitative estimate of drug-likeness (QED) is 0.918. The van der Waals surface area contributed by atoms with Gasteiger partial charge >= 0.3 is 0 Å². The first-order valence-electron chi connectivity index (χ1n) is 7.16. The molecule has 2 heterocycles. The van der Waals surface area contributed by atoms with Crippen molar-refractivity contribution in [3.8, 4) is 0 Å². The molecule has 6 heteroatoms. The Balaban J connectivity index is 1.65. The minimum absolute atomic E-state index is 0.181. The SMILES string of the molecule is OC[C@@H]1CCCN1Cc1nc(Cc2ccccc2Cl)no1. The number of hydrogen-bond acceptors (Lipinski definition) is 5. The van der Waals surface area contributed by atoms with Crippen molar-refractivity contribution < 1.29 is 9.63 Å². The second-order valence-corrected chi connectivity index (χ2v) is 5.73. The van der Waals surface area contributed by atoms with Gasteiger partial charge in [0.25, 0.3) is 0 Å². The highest BCUT2D eigenvalue weighted by Crippen LogP contribution is 2.20. The Bertz CT molecular complexity index is 602. The summed E-state index contributed by atoms with van der Waals surface area (Å²) < 4.78 is 5.30. The molecule has 1 N–H and O–H groups in total. The van der Waals surface area contributed by atoms with Crippen LogP contribution in [0.4, 0.5) is 0 Å². The van der Waals surface area contributed by atoms with E-state index in [1.54, 1.807) is 0 Å².